The van der Waals surface area contributed by atoms with Crippen molar-refractivity contribution in [3.05, 3.63) is 0 Å². The number of carbonyl (C=O) groups excluding carboxylic acids is 2. The highest BCUT2D eigenvalue weighted by molar-refractivity contribution is 14.0. The normalized spacial score (nSPS) is 15.4. The summed E-state index contributed by atoms with van der Waals surface area (Å²) in [4.78, 5) is 31.7. The van der Waals surface area contributed by atoms with Gasteiger partial charge in [0.05, 0.1) is 19.6 Å². The number of likely N-dealkylation sites (N-methyl/N-ethyl adjacent to an activating group) is 1. The molecule has 1 saturated heterocycles. The van der Waals surface area contributed by atoms with Gasteiger partial charge in [-0.1, -0.05) is 0 Å². The molecule has 2 N–H and O–H groups in total. The van der Waals surface area contributed by atoms with Crippen LogP contribution in [0.4, 0.5) is 0 Å². The summed E-state index contributed by atoms with van der Waals surface area (Å²) in [5.41, 5.74) is -0.497. The summed E-state index contributed by atoms with van der Waals surface area (Å²) in [5.74, 6) is 0.158. The van der Waals surface area contributed by atoms with Crippen molar-refractivity contribution in [3.8, 4) is 0 Å². The molecule has 0 unspecified atom stereocenters. The summed E-state index contributed by atoms with van der Waals surface area (Å²) in [6.07, 6.45) is 0.225. The van der Waals surface area contributed by atoms with E-state index in [1.54, 1.807) is 14.1 Å². The van der Waals surface area contributed by atoms with E-state index in [0.29, 0.717) is 19.0 Å². The lowest BCUT2D eigenvalue weighted by atomic mass is 10.2. The molecule has 1 rings (SSSR count). The third-order valence-electron chi connectivity index (χ3n) is 3.74. The van der Waals surface area contributed by atoms with Crippen LogP contribution in [0.15, 0.2) is 4.99 Å². The van der Waals surface area contributed by atoms with E-state index >= 15 is 0 Å². The van der Waals surface area contributed by atoms with Crippen molar-refractivity contribution in [2.75, 3.05) is 66.6 Å². The molecule has 0 aromatic rings. The van der Waals surface area contributed by atoms with Crippen LogP contribution in [-0.4, -0.2) is 99.8 Å². The molecular formula is C18H36IN5O4. The molecule has 0 radical (unpaired) electrons. The monoisotopic (exact) mass is 513 g/mol. The third kappa shape index (κ3) is 13.1. The fourth-order valence-electron chi connectivity index (χ4n) is 2.30. The molecule has 0 aromatic heterocycles. The molecule has 0 spiro atoms. The molecule has 10 heteroatoms. The summed E-state index contributed by atoms with van der Waals surface area (Å²) >= 11 is 0. The number of hydrogen-bond donors (Lipinski definition) is 2. The SMILES string of the molecule is CN(C)C(=O)CN=C(NCCC(=O)OC(C)(C)C)NCCN1CCOCC1.I. The van der Waals surface area contributed by atoms with E-state index in [-0.39, 0.29) is 48.8 Å². The number of aliphatic imine (C=N–C) groups is 1. The van der Waals surface area contributed by atoms with Gasteiger partial charge in [0.25, 0.3) is 0 Å². The van der Waals surface area contributed by atoms with Gasteiger partial charge in [-0.25, -0.2) is 4.99 Å². The second-order valence-corrected chi connectivity index (χ2v) is 7.60. The summed E-state index contributed by atoms with van der Waals surface area (Å²) in [6.45, 7) is 10.8. The van der Waals surface area contributed by atoms with Gasteiger partial charge in [-0.05, 0) is 20.8 Å². The van der Waals surface area contributed by atoms with Gasteiger partial charge < -0.3 is 25.0 Å². The lowest BCUT2D eigenvalue weighted by Gasteiger charge is -2.26. The summed E-state index contributed by atoms with van der Waals surface area (Å²) < 4.78 is 10.6. The van der Waals surface area contributed by atoms with Crippen LogP contribution >= 0.6 is 24.0 Å². The third-order valence-corrected chi connectivity index (χ3v) is 3.74. The van der Waals surface area contributed by atoms with Gasteiger partial charge in [0.1, 0.15) is 12.1 Å². The van der Waals surface area contributed by atoms with Crippen LogP contribution < -0.4 is 10.6 Å². The van der Waals surface area contributed by atoms with Gasteiger partial charge in [-0.2, -0.15) is 0 Å². The number of hydrogen-bond acceptors (Lipinski definition) is 6. The molecule has 1 aliphatic heterocycles. The number of morpholine rings is 1. The van der Waals surface area contributed by atoms with Crippen molar-refractivity contribution in [1.82, 2.24) is 20.4 Å². The molecular weight excluding hydrogens is 477 g/mol. The largest absolute Gasteiger partial charge is 0.460 e. The van der Waals surface area contributed by atoms with Crippen LogP contribution in [0.25, 0.3) is 0 Å². The molecule has 1 amide bonds. The highest BCUT2D eigenvalue weighted by Crippen LogP contribution is 2.07. The van der Waals surface area contributed by atoms with Crippen molar-refractivity contribution in [2.45, 2.75) is 32.8 Å². The van der Waals surface area contributed by atoms with Crippen molar-refractivity contribution >= 4 is 41.8 Å². The molecule has 1 heterocycles. The molecule has 0 aromatic carbocycles. The Bertz CT molecular complexity index is 503. The molecule has 9 nitrogen and oxygen atoms in total. The number of nitrogens with zero attached hydrogens (tertiary/aromatic N) is 3. The van der Waals surface area contributed by atoms with Crippen molar-refractivity contribution < 1.29 is 19.1 Å². The minimum absolute atomic E-state index is 0. The molecule has 164 valence electrons. The van der Waals surface area contributed by atoms with Crippen LogP contribution in [0.2, 0.25) is 0 Å². The van der Waals surface area contributed by atoms with Crippen molar-refractivity contribution in [3.63, 3.8) is 0 Å². The van der Waals surface area contributed by atoms with Crippen LogP contribution in [0.3, 0.4) is 0 Å². The Balaban J connectivity index is 0.00000729. The van der Waals surface area contributed by atoms with E-state index in [1.807, 2.05) is 20.8 Å². The fraction of sp³-hybridized carbons (Fsp3) is 0.833. The van der Waals surface area contributed by atoms with E-state index in [1.165, 1.54) is 4.90 Å². The first-order chi connectivity index (χ1) is 12.7. The summed E-state index contributed by atoms with van der Waals surface area (Å²) in [6, 6.07) is 0. The van der Waals surface area contributed by atoms with Crippen LogP contribution in [0.5, 0.6) is 0 Å². The summed E-state index contributed by atoms with van der Waals surface area (Å²) in [7, 11) is 3.39. The highest BCUT2D eigenvalue weighted by Gasteiger charge is 2.16. The van der Waals surface area contributed by atoms with E-state index in [0.717, 1.165) is 32.8 Å². The topological polar surface area (TPSA) is 95.5 Å². The lowest BCUT2D eigenvalue weighted by Crippen LogP contribution is -2.45. The molecule has 1 aliphatic rings. The molecule has 0 aliphatic carbocycles. The quantitative estimate of drug-likeness (QED) is 0.209. The maximum atomic E-state index is 11.8. The number of rotatable bonds is 8. The van der Waals surface area contributed by atoms with E-state index < -0.39 is 5.60 Å². The maximum absolute atomic E-state index is 11.8. The lowest BCUT2D eigenvalue weighted by molar-refractivity contribution is -0.154. The van der Waals surface area contributed by atoms with Crippen molar-refractivity contribution in [2.24, 2.45) is 4.99 Å². The Morgan fingerprint density at radius 2 is 1.75 bits per heavy atom. The van der Waals surface area contributed by atoms with Gasteiger partial charge in [-0.15, -0.1) is 24.0 Å². The van der Waals surface area contributed by atoms with Gasteiger partial charge >= 0.3 is 5.97 Å². The van der Waals surface area contributed by atoms with Gasteiger partial charge in [0, 0.05) is 46.8 Å². The predicted octanol–water partition coefficient (Wildman–Crippen LogP) is 0.292. The fourth-order valence-corrected chi connectivity index (χ4v) is 2.30. The molecule has 28 heavy (non-hydrogen) atoms. The van der Waals surface area contributed by atoms with Gasteiger partial charge in [0.15, 0.2) is 5.96 Å². The zero-order chi connectivity index (χ0) is 20.3. The predicted molar refractivity (Wildman–Crippen MR) is 120 cm³/mol. The van der Waals surface area contributed by atoms with Crippen molar-refractivity contribution in [1.29, 1.82) is 0 Å². The Hall–Kier alpha value is -1.14. The number of nitrogens with one attached hydrogen (secondary N) is 2. The number of halogens is 1. The Kier molecular flexibility index (Phi) is 13.4. The second-order valence-electron chi connectivity index (χ2n) is 7.60. The summed E-state index contributed by atoms with van der Waals surface area (Å²) in [5, 5.41) is 6.31. The van der Waals surface area contributed by atoms with E-state index in [2.05, 4.69) is 20.5 Å². The van der Waals surface area contributed by atoms with Crippen LogP contribution in [0, 0.1) is 0 Å². The first-order valence-electron chi connectivity index (χ1n) is 9.41. The first-order valence-corrected chi connectivity index (χ1v) is 9.41. The Morgan fingerprint density at radius 3 is 2.32 bits per heavy atom. The molecule has 1 fully saturated rings. The standard InChI is InChI=1S/C18H35N5O4.HI/c1-18(2,3)27-16(25)6-7-19-17(21-14-15(24)22(4)5)20-8-9-23-10-12-26-13-11-23;/h6-14H2,1-5H3,(H2,19,20,21);1H. The first kappa shape index (κ1) is 26.9. The Labute approximate surface area is 185 Å². The van der Waals surface area contributed by atoms with Gasteiger partial charge in [-0.3, -0.25) is 14.5 Å². The van der Waals surface area contributed by atoms with Crippen LogP contribution in [-0.2, 0) is 19.1 Å². The van der Waals surface area contributed by atoms with E-state index in [9.17, 15) is 9.59 Å². The Morgan fingerprint density at radius 1 is 1.14 bits per heavy atom. The minimum Gasteiger partial charge on any atom is -0.460 e. The molecule has 0 saturated carbocycles. The zero-order valence-corrected chi connectivity index (χ0v) is 20.1. The average molecular weight is 513 g/mol. The maximum Gasteiger partial charge on any atom is 0.308 e. The minimum atomic E-state index is -0.497. The number of esters is 1. The van der Waals surface area contributed by atoms with Gasteiger partial charge in [0.2, 0.25) is 5.91 Å². The van der Waals surface area contributed by atoms with E-state index in [4.69, 9.17) is 9.47 Å². The molecule has 0 atom stereocenters. The number of ether oxygens (including phenoxy) is 2. The number of guanidine groups is 1. The zero-order valence-electron chi connectivity index (χ0n) is 17.7. The number of amides is 1. The molecule has 0 bridgehead atoms. The second kappa shape index (κ2) is 13.9. The smallest absolute Gasteiger partial charge is 0.308 e. The highest BCUT2D eigenvalue weighted by atomic mass is 127. The average Bonchev–Trinajstić information content (AvgIpc) is 2.58. The number of carbonyl (C=O) groups is 2. The van der Waals surface area contributed by atoms with Crippen LogP contribution in [0.1, 0.15) is 27.2 Å².